The molecule has 1 unspecified atom stereocenters. The van der Waals surface area contributed by atoms with Crippen molar-refractivity contribution in [1.82, 2.24) is 4.90 Å². The average molecular weight is 179 g/mol. The molecule has 0 N–H and O–H groups in total. The summed E-state index contributed by atoms with van der Waals surface area (Å²) in [5, 5.41) is 0. The fourth-order valence-corrected chi connectivity index (χ4v) is 3.05. The van der Waals surface area contributed by atoms with Gasteiger partial charge in [0.25, 0.3) is 0 Å². The van der Waals surface area contributed by atoms with Gasteiger partial charge >= 0.3 is 0 Å². The molecule has 0 aromatic carbocycles. The molecule has 1 aliphatic carbocycles. The van der Waals surface area contributed by atoms with E-state index in [-0.39, 0.29) is 0 Å². The van der Waals surface area contributed by atoms with Crippen molar-refractivity contribution < 1.29 is 0 Å². The summed E-state index contributed by atoms with van der Waals surface area (Å²) in [7, 11) is 2.27. The predicted molar refractivity (Wildman–Crippen MR) is 56.5 cm³/mol. The topological polar surface area (TPSA) is 3.24 Å². The van der Waals surface area contributed by atoms with Gasteiger partial charge in [0.15, 0.2) is 0 Å². The second kappa shape index (κ2) is 3.04. The van der Waals surface area contributed by atoms with Crippen LogP contribution in [0.2, 0.25) is 0 Å². The summed E-state index contributed by atoms with van der Waals surface area (Å²) in [5.74, 6) is 0.912. The minimum absolute atomic E-state index is 0.469. The van der Waals surface area contributed by atoms with Crippen LogP contribution in [0.4, 0.5) is 0 Å². The monoisotopic (exact) mass is 179 g/mol. The summed E-state index contributed by atoms with van der Waals surface area (Å²) >= 11 is 0. The molecule has 0 saturated heterocycles. The lowest BCUT2D eigenvalue weighted by atomic mass is 9.69. The maximum absolute atomic E-state index is 2.51. The first-order chi connectivity index (χ1) is 6.14. The minimum atomic E-state index is 0.469. The predicted octanol–water partition coefficient (Wildman–Crippen LogP) is 3.17. The molecule has 1 fully saturated rings. The van der Waals surface area contributed by atoms with Crippen molar-refractivity contribution in [2.24, 2.45) is 5.92 Å². The van der Waals surface area contributed by atoms with E-state index in [1.807, 2.05) is 0 Å². The lowest BCUT2D eigenvalue weighted by Crippen LogP contribution is -2.52. The molecular formula is C12H21N. The molecule has 2 aliphatic rings. The zero-order chi connectivity index (χ0) is 9.47. The molecule has 2 rings (SSSR count). The Balaban J connectivity index is 2.27. The molecule has 0 amide bonds. The van der Waals surface area contributed by atoms with Gasteiger partial charge in [0.1, 0.15) is 0 Å². The van der Waals surface area contributed by atoms with Crippen molar-refractivity contribution >= 4 is 0 Å². The van der Waals surface area contributed by atoms with E-state index in [0.29, 0.717) is 5.54 Å². The van der Waals surface area contributed by atoms with E-state index in [4.69, 9.17) is 0 Å². The Hall–Kier alpha value is -0.460. The zero-order valence-corrected chi connectivity index (χ0v) is 9.14. The molecule has 74 valence electrons. The molecule has 0 aromatic heterocycles. The van der Waals surface area contributed by atoms with E-state index in [1.165, 1.54) is 37.8 Å². The van der Waals surface area contributed by atoms with E-state index in [9.17, 15) is 0 Å². The van der Waals surface area contributed by atoms with Crippen LogP contribution in [0.15, 0.2) is 11.8 Å². The average Bonchev–Trinajstić information content (AvgIpc) is 2.13. The van der Waals surface area contributed by atoms with Crippen LogP contribution in [0.1, 0.15) is 46.0 Å². The number of fused-ring (bicyclic) bond motifs is 1. The molecule has 2 atom stereocenters. The molecular weight excluding hydrogens is 158 g/mol. The maximum atomic E-state index is 2.51. The van der Waals surface area contributed by atoms with Gasteiger partial charge in [-0.3, -0.25) is 0 Å². The first-order valence-corrected chi connectivity index (χ1v) is 5.55. The summed E-state index contributed by atoms with van der Waals surface area (Å²) in [5.41, 5.74) is 1.94. The SMILES string of the molecule is CC1=CC[C@H]2CCCCC2(C)N1C. The van der Waals surface area contributed by atoms with E-state index in [0.717, 1.165) is 5.92 Å². The molecule has 1 saturated carbocycles. The number of hydrogen-bond acceptors (Lipinski definition) is 1. The highest BCUT2D eigenvalue weighted by atomic mass is 15.2. The Morgan fingerprint density at radius 1 is 1.46 bits per heavy atom. The Kier molecular flexibility index (Phi) is 2.13. The number of nitrogens with zero attached hydrogens (tertiary/aromatic N) is 1. The van der Waals surface area contributed by atoms with Gasteiger partial charge in [0.2, 0.25) is 0 Å². The van der Waals surface area contributed by atoms with Gasteiger partial charge in [-0.15, -0.1) is 0 Å². The van der Waals surface area contributed by atoms with Crippen LogP contribution < -0.4 is 0 Å². The molecule has 0 aromatic rings. The van der Waals surface area contributed by atoms with Crippen LogP contribution in [-0.2, 0) is 0 Å². The van der Waals surface area contributed by atoms with Crippen LogP contribution in [0.5, 0.6) is 0 Å². The van der Waals surface area contributed by atoms with Crippen LogP contribution in [-0.4, -0.2) is 17.5 Å². The van der Waals surface area contributed by atoms with Crippen molar-refractivity contribution in [2.75, 3.05) is 7.05 Å². The summed E-state index contributed by atoms with van der Waals surface area (Å²) in [6.07, 6.45) is 9.42. The van der Waals surface area contributed by atoms with Crippen molar-refractivity contribution in [3.63, 3.8) is 0 Å². The van der Waals surface area contributed by atoms with Gasteiger partial charge in [-0.1, -0.05) is 18.9 Å². The van der Waals surface area contributed by atoms with Crippen molar-refractivity contribution in [1.29, 1.82) is 0 Å². The highest BCUT2D eigenvalue weighted by Gasteiger charge is 2.41. The van der Waals surface area contributed by atoms with Crippen LogP contribution in [0, 0.1) is 5.92 Å². The molecule has 0 spiro atoms. The highest BCUT2D eigenvalue weighted by molar-refractivity contribution is 5.12. The van der Waals surface area contributed by atoms with E-state index >= 15 is 0 Å². The lowest BCUT2D eigenvalue weighted by Gasteiger charge is -2.51. The molecule has 0 bridgehead atoms. The van der Waals surface area contributed by atoms with Crippen molar-refractivity contribution in [2.45, 2.75) is 51.5 Å². The van der Waals surface area contributed by atoms with Crippen molar-refractivity contribution in [3.8, 4) is 0 Å². The molecule has 1 aliphatic heterocycles. The number of allylic oxidation sites excluding steroid dienone is 2. The van der Waals surface area contributed by atoms with Gasteiger partial charge in [-0.05, 0) is 39.0 Å². The summed E-state index contributed by atoms with van der Waals surface area (Å²) in [6, 6.07) is 0. The van der Waals surface area contributed by atoms with Gasteiger partial charge in [-0.25, -0.2) is 0 Å². The minimum Gasteiger partial charge on any atom is -0.373 e. The second-order valence-corrected chi connectivity index (χ2v) is 4.94. The molecule has 1 heterocycles. The largest absolute Gasteiger partial charge is 0.373 e. The standard InChI is InChI=1S/C12H21N/c1-10-7-8-11-6-4-5-9-12(11,2)13(10)3/h7,11H,4-6,8-9H2,1-3H3/t11-,12?/m1/s1. The fraction of sp³-hybridized carbons (Fsp3) is 0.833. The molecule has 0 radical (unpaired) electrons. The normalized spacial score (nSPS) is 39.8. The third kappa shape index (κ3) is 1.29. The smallest absolute Gasteiger partial charge is 0.0398 e. The molecule has 13 heavy (non-hydrogen) atoms. The van der Waals surface area contributed by atoms with Gasteiger partial charge in [0.05, 0.1) is 0 Å². The molecule has 1 nitrogen and oxygen atoms in total. The third-order valence-corrected chi connectivity index (χ3v) is 4.36. The lowest BCUT2D eigenvalue weighted by molar-refractivity contribution is 0.0492. The highest BCUT2D eigenvalue weighted by Crippen LogP contribution is 2.43. The first kappa shape index (κ1) is 9.11. The Bertz CT molecular complexity index is 231. The molecule has 1 heteroatoms. The first-order valence-electron chi connectivity index (χ1n) is 5.55. The maximum Gasteiger partial charge on any atom is 0.0398 e. The Morgan fingerprint density at radius 2 is 2.23 bits per heavy atom. The second-order valence-electron chi connectivity index (χ2n) is 4.94. The number of rotatable bonds is 0. The van der Waals surface area contributed by atoms with E-state index in [2.05, 4.69) is 31.9 Å². The van der Waals surface area contributed by atoms with Gasteiger partial charge < -0.3 is 4.90 Å². The van der Waals surface area contributed by atoms with Gasteiger partial charge in [-0.2, -0.15) is 0 Å². The summed E-state index contributed by atoms with van der Waals surface area (Å²) < 4.78 is 0. The Morgan fingerprint density at radius 3 is 3.00 bits per heavy atom. The van der Waals surface area contributed by atoms with E-state index < -0.39 is 0 Å². The van der Waals surface area contributed by atoms with E-state index in [1.54, 1.807) is 0 Å². The quantitative estimate of drug-likeness (QED) is 0.552. The Labute approximate surface area is 81.8 Å². The van der Waals surface area contributed by atoms with Gasteiger partial charge in [0, 0.05) is 18.3 Å². The van der Waals surface area contributed by atoms with Crippen molar-refractivity contribution in [3.05, 3.63) is 11.8 Å². The number of hydrogen-bond donors (Lipinski definition) is 0. The summed E-state index contributed by atoms with van der Waals surface area (Å²) in [6.45, 7) is 4.70. The summed E-state index contributed by atoms with van der Waals surface area (Å²) in [4.78, 5) is 2.51. The zero-order valence-electron chi connectivity index (χ0n) is 9.14. The van der Waals surface area contributed by atoms with Crippen LogP contribution in [0.3, 0.4) is 0 Å². The van der Waals surface area contributed by atoms with Crippen LogP contribution >= 0.6 is 0 Å². The third-order valence-electron chi connectivity index (χ3n) is 4.36. The van der Waals surface area contributed by atoms with Crippen LogP contribution in [0.25, 0.3) is 0 Å². The fourth-order valence-electron chi connectivity index (χ4n) is 3.05.